The van der Waals surface area contributed by atoms with E-state index >= 15 is 0 Å². The summed E-state index contributed by atoms with van der Waals surface area (Å²) in [4.78, 5) is 38.0. The Morgan fingerprint density at radius 2 is 1.90 bits per heavy atom. The second-order valence-electron chi connectivity index (χ2n) is 4.13. The summed E-state index contributed by atoms with van der Waals surface area (Å²) >= 11 is 0. The van der Waals surface area contributed by atoms with E-state index in [1.807, 2.05) is 0 Å². The molecule has 0 aliphatic rings. The van der Waals surface area contributed by atoms with Crippen molar-refractivity contribution in [3.63, 3.8) is 0 Å². The Kier molecular flexibility index (Phi) is 7.49. The van der Waals surface area contributed by atoms with E-state index in [1.54, 1.807) is 25.1 Å². The zero-order chi connectivity index (χ0) is 15.5. The van der Waals surface area contributed by atoms with Crippen molar-refractivity contribution in [1.29, 1.82) is 0 Å². The van der Waals surface area contributed by atoms with Crippen LogP contribution in [0.4, 0.5) is 0 Å². The van der Waals surface area contributed by atoms with Crippen molar-refractivity contribution in [1.82, 2.24) is 15.6 Å². The molecule has 0 aliphatic carbocycles. The maximum absolute atomic E-state index is 11.6. The lowest BCUT2D eigenvalue weighted by atomic mass is 10.3. The van der Waals surface area contributed by atoms with E-state index in [0.29, 0.717) is 25.4 Å². The van der Waals surface area contributed by atoms with Crippen LogP contribution in [-0.4, -0.2) is 42.5 Å². The number of rotatable bonds is 8. The van der Waals surface area contributed by atoms with Gasteiger partial charge in [-0.25, -0.2) is 0 Å². The van der Waals surface area contributed by atoms with Gasteiger partial charge in [-0.15, -0.1) is 0 Å². The van der Waals surface area contributed by atoms with Crippen LogP contribution in [0.2, 0.25) is 0 Å². The van der Waals surface area contributed by atoms with Crippen molar-refractivity contribution in [2.45, 2.75) is 19.8 Å². The number of amides is 2. The lowest BCUT2D eigenvalue weighted by Crippen LogP contribution is -2.35. The summed E-state index contributed by atoms with van der Waals surface area (Å²) in [6.45, 7) is 2.60. The standard InChI is InChI=1S/C14H19N3O4/c1-2-21-13(19)7-6-12(18)16-9-10-17-14(20)11-5-3-4-8-15-11/h3-5,8H,2,6-7,9-10H2,1H3,(H,16,18)(H,17,20). The molecule has 7 nitrogen and oxygen atoms in total. The molecule has 0 fully saturated rings. The van der Waals surface area contributed by atoms with Crippen LogP contribution in [0.3, 0.4) is 0 Å². The number of pyridine rings is 1. The van der Waals surface area contributed by atoms with Crippen LogP contribution in [0.25, 0.3) is 0 Å². The van der Waals surface area contributed by atoms with Gasteiger partial charge in [0.1, 0.15) is 5.69 Å². The molecule has 1 aromatic rings. The fourth-order valence-electron chi connectivity index (χ4n) is 1.50. The van der Waals surface area contributed by atoms with Crippen LogP contribution in [0.1, 0.15) is 30.3 Å². The minimum Gasteiger partial charge on any atom is -0.466 e. The van der Waals surface area contributed by atoms with Crippen molar-refractivity contribution >= 4 is 17.8 Å². The number of nitrogens with one attached hydrogen (secondary N) is 2. The smallest absolute Gasteiger partial charge is 0.306 e. The number of esters is 1. The van der Waals surface area contributed by atoms with Gasteiger partial charge in [0.05, 0.1) is 13.0 Å². The number of carbonyl (C=O) groups excluding carboxylic acids is 3. The molecular weight excluding hydrogens is 274 g/mol. The minimum atomic E-state index is -0.392. The Labute approximate surface area is 123 Å². The first-order chi connectivity index (χ1) is 10.1. The van der Waals surface area contributed by atoms with E-state index in [9.17, 15) is 14.4 Å². The molecule has 2 amide bonds. The third-order valence-corrected chi connectivity index (χ3v) is 2.49. The number of aromatic nitrogens is 1. The van der Waals surface area contributed by atoms with E-state index in [2.05, 4.69) is 15.6 Å². The quantitative estimate of drug-likeness (QED) is 0.529. The van der Waals surface area contributed by atoms with Gasteiger partial charge in [-0.1, -0.05) is 6.07 Å². The number of hydrogen-bond acceptors (Lipinski definition) is 5. The summed E-state index contributed by atoms with van der Waals surface area (Å²) < 4.78 is 4.72. The van der Waals surface area contributed by atoms with Crippen molar-refractivity contribution in [2.24, 2.45) is 0 Å². The molecule has 1 rings (SSSR count). The Morgan fingerprint density at radius 3 is 2.57 bits per heavy atom. The molecule has 0 atom stereocenters. The van der Waals surface area contributed by atoms with Crippen LogP contribution < -0.4 is 10.6 Å². The van der Waals surface area contributed by atoms with Gasteiger partial charge in [0.15, 0.2) is 0 Å². The average molecular weight is 293 g/mol. The SMILES string of the molecule is CCOC(=O)CCC(=O)NCCNC(=O)c1ccccn1. The molecule has 2 N–H and O–H groups in total. The summed E-state index contributed by atoms with van der Waals surface area (Å²) in [7, 11) is 0. The monoisotopic (exact) mass is 293 g/mol. The Hall–Kier alpha value is -2.44. The van der Waals surface area contributed by atoms with Gasteiger partial charge in [-0.05, 0) is 19.1 Å². The highest BCUT2D eigenvalue weighted by atomic mass is 16.5. The fourth-order valence-corrected chi connectivity index (χ4v) is 1.50. The van der Waals surface area contributed by atoms with E-state index < -0.39 is 5.97 Å². The van der Waals surface area contributed by atoms with Crippen molar-refractivity contribution in [2.75, 3.05) is 19.7 Å². The summed E-state index contributed by atoms with van der Waals surface area (Å²) in [5.41, 5.74) is 0.325. The van der Waals surface area contributed by atoms with Gasteiger partial charge in [0.25, 0.3) is 5.91 Å². The Balaban J connectivity index is 2.12. The Morgan fingerprint density at radius 1 is 1.14 bits per heavy atom. The van der Waals surface area contributed by atoms with Crippen LogP contribution in [0.15, 0.2) is 24.4 Å². The zero-order valence-corrected chi connectivity index (χ0v) is 11.9. The lowest BCUT2D eigenvalue weighted by molar-refractivity contribution is -0.144. The lowest BCUT2D eigenvalue weighted by Gasteiger charge is -2.06. The van der Waals surface area contributed by atoms with Crippen LogP contribution in [0, 0.1) is 0 Å². The predicted octanol–water partition coefficient (Wildman–Crippen LogP) is 0.271. The van der Waals surface area contributed by atoms with Gasteiger partial charge < -0.3 is 15.4 Å². The molecule has 1 heterocycles. The van der Waals surface area contributed by atoms with Crippen LogP contribution >= 0.6 is 0 Å². The molecule has 21 heavy (non-hydrogen) atoms. The number of ether oxygens (including phenoxy) is 1. The molecule has 114 valence electrons. The van der Waals surface area contributed by atoms with Gasteiger partial charge in [0, 0.05) is 25.7 Å². The first-order valence-corrected chi connectivity index (χ1v) is 6.75. The van der Waals surface area contributed by atoms with Gasteiger partial charge in [-0.3, -0.25) is 19.4 Å². The number of nitrogens with zero attached hydrogens (tertiary/aromatic N) is 1. The molecule has 0 bridgehead atoms. The molecular formula is C14H19N3O4. The maximum atomic E-state index is 11.6. The highest BCUT2D eigenvalue weighted by Crippen LogP contribution is 1.93. The normalized spacial score (nSPS) is 9.76. The fraction of sp³-hybridized carbons (Fsp3) is 0.429. The molecule has 0 radical (unpaired) electrons. The second kappa shape index (κ2) is 9.46. The van der Waals surface area contributed by atoms with E-state index in [-0.39, 0.29) is 24.7 Å². The molecule has 0 aromatic carbocycles. The van der Waals surface area contributed by atoms with Crippen molar-refractivity contribution < 1.29 is 19.1 Å². The highest BCUT2D eigenvalue weighted by Gasteiger charge is 2.08. The molecule has 0 unspecified atom stereocenters. The summed E-state index contributed by atoms with van der Waals surface area (Å²) in [6, 6.07) is 5.05. The highest BCUT2D eigenvalue weighted by molar-refractivity contribution is 5.92. The zero-order valence-electron chi connectivity index (χ0n) is 11.9. The summed E-state index contributed by atoms with van der Waals surface area (Å²) in [5, 5.41) is 5.24. The summed E-state index contributed by atoms with van der Waals surface area (Å²) in [5.74, 6) is -0.942. The maximum Gasteiger partial charge on any atom is 0.306 e. The van der Waals surface area contributed by atoms with Crippen molar-refractivity contribution in [3.05, 3.63) is 30.1 Å². The largest absolute Gasteiger partial charge is 0.466 e. The average Bonchev–Trinajstić information content (AvgIpc) is 2.50. The van der Waals surface area contributed by atoms with Crippen LogP contribution in [-0.2, 0) is 14.3 Å². The second-order valence-corrected chi connectivity index (χ2v) is 4.13. The first-order valence-electron chi connectivity index (χ1n) is 6.75. The molecule has 0 saturated heterocycles. The van der Waals surface area contributed by atoms with Crippen molar-refractivity contribution in [3.8, 4) is 0 Å². The van der Waals surface area contributed by atoms with Crippen LogP contribution in [0.5, 0.6) is 0 Å². The minimum absolute atomic E-state index is 0.0555. The Bertz CT molecular complexity index is 476. The number of hydrogen-bond donors (Lipinski definition) is 2. The molecule has 0 saturated carbocycles. The van der Waals surface area contributed by atoms with E-state index in [0.717, 1.165) is 0 Å². The molecule has 7 heteroatoms. The third-order valence-electron chi connectivity index (χ3n) is 2.49. The molecule has 0 spiro atoms. The number of carbonyl (C=O) groups is 3. The van der Waals surface area contributed by atoms with E-state index in [1.165, 1.54) is 6.20 Å². The first kappa shape index (κ1) is 16.6. The van der Waals surface area contributed by atoms with E-state index in [4.69, 9.17) is 4.74 Å². The summed E-state index contributed by atoms with van der Waals surface area (Å²) in [6.07, 6.45) is 1.67. The van der Waals surface area contributed by atoms with Gasteiger partial charge in [-0.2, -0.15) is 0 Å². The molecule has 1 aromatic heterocycles. The predicted molar refractivity (Wildman–Crippen MR) is 75.4 cm³/mol. The third kappa shape index (κ3) is 7.05. The van der Waals surface area contributed by atoms with Gasteiger partial charge in [0.2, 0.25) is 5.91 Å². The van der Waals surface area contributed by atoms with Gasteiger partial charge >= 0.3 is 5.97 Å². The molecule has 0 aliphatic heterocycles. The topological polar surface area (TPSA) is 97.4 Å².